The van der Waals surface area contributed by atoms with Crippen molar-refractivity contribution in [1.82, 2.24) is 5.32 Å². The van der Waals surface area contributed by atoms with Gasteiger partial charge in [0, 0.05) is 11.8 Å². The largest absolute Gasteiger partial charge is 0.299 e. The van der Waals surface area contributed by atoms with Crippen LogP contribution in [0.25, 0.3) is 0 Å². The van der Waals surface area contributed by atoms with Gasteiger partial charge in [0.25, 0.3) is 0 Å². The monoisotopic (exact) mass is 223 g/mol. The van der Waals surface area contributed by atoms with Crippen LogP contribution < -0.4 is 5.32 Å². The van der Waals surface area contributed by atoms with Gasteiger partial charge in [-0.25, -0.2) is 0 Å². The predicted molar refractivity (Wildman–Crippen MR) is 64.8 cm³/mol. The smallest absolute Gasteiger partial charge is 0.0705 e. The van der Waals surface area contributed by atoms with Crippen molar-refractivity contribution < 1.29 is 0 Å². The highest BCUT2D eigenvalue weighted by Gasteiger charge is 2.59. The Morgan fingerprint density at radius 2 is 1.60 bits per heavy atom. The van der Waals surface area contributed by atoms with Crippen molar-refractivity contribution in [2.24, 2.45) is 23.7 Å². The van der Waals surface area contributed by atoms with E-state index in [-0.39, 0.29) is 0 Å². The highest BCUT2D eigenvalue weighted by Crippen LogP contribution is 2.63. The zero-order chi connectivity index (χ0) is 10.0. The molecule has 84 valence electrons. The maximum atomic E-state index is 3.98. The van der Waals surface area contributed by atoms with E-state index in [0.717, 1.165) is 29.7 Å². The molecular formula is C13H21NS. The average Bonchev–Trinajstić information content (AvgIpc) is 2.57. The van der Waals surface area contributed by atoms with Crippen molar-refractivity contribution in [2.45, 2.75) is 49.9 Å². The van der Waals surface area contributed by atoms with Crippen LogP contribution in [0.1, 0.15) is 39.0 Å². The number of hydrogen-bond acceptors (Lipinski definition) is 2. The Bertz CT molecular complexity index is 260. The first-order chi connectivity index (χ1) is 7.26. The van der Waals surface area contributed by atoms with Crippen LogP contribution in [-0.4, -0.2) is 16.7 Å². The summed E-state index contributed by atoms with van der Waals surface area (Å²) >= 11 is 2.28. The van der Waals surface area contributed by atoms with Gasteiger partial charge in [-0.2, -0.15) is 0 Å². The van der Waals surface area contributed by atoms with Gasteiger partial charge in [-0.15, -0.1) is 11.8 Å². The minimum Gasteiger partial charge on any atom is -0.299 e. The summed E-state index contributed by atoms with van der Waals surface area (Å²) in [4.78, 5) is 0.535. The average molecular weight is 223 g/mol. The molecule has 5 aliphatic rings. The third-order valence-electron chi connectivity index (χ3n) is 5.40. The molecule has 1 unspecified atom stereocenters. The molecule has 1 spiro atoms. The van der Waals surface area contributed by atoms with E-state index in [1.807, 2.05) is 0 Å². The van der Waals surface area contributed by atoms with Crippen molar-refractivity contribution in [3.63, 3.8) is 0 Å². The molecular weight excluding hydrogens is 202 g/mol. The van der Waals surface area contributed by atoms with Crippen LogP contribution in [-0.2, 0) is 0 Å². The van der Waals surface area contributed by atoms with Gasteiger partial charge >= 0.3 is 0 Å². The van der Waals surface area contributed by atoms with E-state index in [9.17, 15) is 0 Å². The van der Waals surface area contributed by atoms with Crippen LogP contribution in [0.4, 0.5) is 0 Å². The first-order valence-electron chi connectivity index (χ1n) is 6.68. The van der Waals surface area contributed by atoms with E-state index < -0.39 is 0 Å². The summed E-state index contributed by atoms with van der Waals surface area (Å²) in [5.74, 6) is 5.60. The van der Waals surface area contributed by atoms with Crippen LogP contribution in [0.15, 0.2) is 0 Å². The molecule has 4 aliphatic carbocycles. The highest BCUT2D eigenvalue weighted by molar-refractivity contribution is 8.00. The fraction of sp³-hybridized carbons (Fsp3) is 1.00. The summed E-state index contributed by atoms with van der Waals surface area (Å²) in [6.07, 6.45) is 7.74. The Kier molecular flexibility index (Phi) is 1.84. The predicted octanol–water partition coefficient (Wildman–Crippen LogP) is 2.86. The molecule has 1 aliphatic heterocycles. The number of hydrogen-bond donors (Lipinski definition) is 1. The molecule has 1 saturated heterocycles. The van der Waals surface area contributed by atoms with E-state index in [0.29, 0.717) is 4.87 Å². The lowest BCUT2D eigenvalue weighted by Gasteiger charge is -2.59. The summed E-state index contributed by atoms with van der Waals surface area (Å²) < 4.78 is 0. The standard InChI is InChI=1S/C13H21NS/c1-8-7-15-13(14-8)11-3-9-2-10(5-11)6-12(13)4-9/h8-12,14H,2-7H2,1H3. The Balaban J connectivity index is 1.70. The van der Waals surface area contributed by atoms with Gasteiger partial charge in [-0.3, -0.25) is 5.32 Å². The molecule has 15 heavy (non-hydrogen) atoms. The van der Waals surface area contributed by atoms with E-state index >= 15 is 0 Å². The second kappa shape index (κ2) is 2.95. The molecule has 1 nitrogen and oxygen atoms in total. The highest BCUT2D eigenvalue weighted by atomic mass is 32.2. The number of nitrogens with one attached hydrogen (secondary N) is 1. The van der Waals surface area contributed by atoms with Crippen molar-refractivity contribution in [3.05, 3.63) is 0 Å². The third kappa shape index (κ3) is 1.16. The maximum Gasteiger partial charge on any atom is 0.0705 e. The molecule has 5 fully saturated rings. The quantitative estimate of drug-likeness (QED) is 0.678. The van der Waals surface area contributed by atoms with E-state index in [1.165, 1.54) is 5.75 Å². The molecule has 1 heterocycles. The summed E-state index contributed by atoms with van der Waals surface area (Å²) in [6.45, 7) is 2.37. The Labute approximate surface area is 96.8 Å². The molecule has 0 aromatic rings. The summed E-state index contributed by atoms with van der Waals surface area (Å²) in [6, 6.07) is 0.757. The topological polar surface area (TPSA) is 12.0 Å². The molecule has 0 aromatic heterocycles. The van der Waals surface area contributed by atoms with E-state index in [1.54, 1.807) is 32.1 Å². The lowest BCUT2D eigenvalue weighted by atomic mass is 9.53. The molecule has 5 rings (SSSR count). The van der Waals surface area contributed by atoms with E-state index in [2.05, 4.69) is 24.0 Å². The van der Waals surface area contributed by atoms with Gasteiger partial charge in [-0.05, 0) is 62.7 Å². The number of thioether (sulfide) groups is 1. The zero-order valence-corrected chi connectivity index (χ0v) is 10.4. The van der Waals surface area contributed by atoms with Crippen molar-refractivity contribution in [2.75, 3.05) is 5.75 Å². The first kappa shape index (κ1) is 9.35. The van der Waals surface area contributed by atoms with Gasteiger partial charge < -0.3 is 0 Å². The molecule has 2 heteroatoms. The van der Waals surface area contributed by atoms with Crippen molar-refractivity contribution in [3.8, 4) is 0 Å². The summed E-state index contributed by atoms with van der Waals surface area (Å²) in [5.41, 5.74) is 0. The molecule has 0 aromatic carbocycles. The molecule has 1 N–H and O–H groups in total. The fourth-order valence-electron chi connectivity index (χ4n) is 5.09. The van der Waals surface area contributed by atoms with E-state index in [4.69, 9.17) is 0 Å². The maximum absolute atomic E-state index is 3.98. The SMILES string of the molecule is CC1CSC2(N1)C1CC3CC(C1)CC2C3. The zero-order valence-electron chi connectivity index (χ0n) is 9.54. The van der Waals surface area contributed by atoms with Crippen LogP contribution in [0.3, 0.4) is 0 Å². The van der Waals surface area contributed by atoms with Gasteiger partial charge in [0.2, 0.25) is 0 Å². The summed E-state index contributed by atoms with van der Waals surface area (Å²) in [5, 5.41) is 3.98. The number of rotatable bonds is 0. The molecule has 0 radical (unpaired) electrons. The Morgan fingerprint density at radius 1 is 1.00 bits per heavy atom. The fourth-order valence-corrected chi connectivity index (χ4v) is 6.84. The van der Waals surface area contributed by atoms with Gasteiger partial charge in [0.15, 0.2) is 0 Å². The van der Waals surface area contributed by atoms with Crippen LogP contribution in [0, 0.1) is 23.7 Å². The molecule has 4 saturated carbocycles. The molecule has 4 bridgehead atoms. The third-order valence-corrected chi connectivity index (χ3v) is 7.32. The van der Waals surface area contributed by atoms with Gasteiger partial charge in [-0.1, -0.05) is 0 Å². The second-order valence-electron chi connectivity index (χ2n) is 6.45. The lowest BCUT2D eigenvalue weighted by Crippen LogP contribution is -2.61. The molecule has 0 amide bonds. The van der Waals surface area contributed by atoms with Crippen molar-refractivity contribution in [1.29, 1.82) is 0 Å². The minimum absolute atomic E-state index is 0.535. The summed E-state index contributed by atoms with van der Waals surface area (Å²) in [7, 11) is 0. The van der Waals surface area contributed by atoms with Crippen molar-refractivity contribution >= 4 is 11.8 Å². The van der Waals surface area contributed by atoms with Gasteiger partial charge in [0.05, 0.1) is 4.87 Å². The lowest BCUT2D eigenvalue weighted by molar-refractivity contribution is -0.0289. The first-order valence-corrected chi connectivity index (χ1v) is 7.66. The minimum atomic E-state index is 0.535. The second-order valence-corrected chi connectivity index (χ2v) is 7.75. The van der Waals surface area contributed by atoms with Crippen LogP contribution >= 0.6 is 11.8 Å². The van der Waals surface area contributed by atoms with Gasteiger partial charge in [0.1, 0.15) is 0 Å². The Hall–Kier alpha value is 0.310. The van der Waals surface area contributed by atoms with Crippen LogP contribution in [0.2, 0.25) is 0 Å². The molecule has 1 atom stereocenters. The Morgan fingerprint density at radius 3 is 2.07 bits per heavy atom. The normalized spacial score (nSPS) is 61.8. The van der Waals surface area contributed by atoms with Crippen LogP contribution in [0.5, 0.6) is 0 Å².